The van der Waals surface area contributed by atoms with Crippen molar-refractivity contribution in [2.45, 2.75) is 18.3 Å². The van der Waals surface area contributed by atoms with E-state index in [9.17, 15) is 13.2 Å². The molecule has 0 spiro atoms. The minimum atomic E-state index is -0.892. The topological polar surface area (TPSA) is 26.0 Å². The summed E-state index contributed by atoms with van der Waals surface area (Å²) in [7, 11) is 0. The number of halogens is 4. The summed E-state index contributed by atoms with van der Waals surface area (Å²) < 4.78 is 39.2. The Kier molecular flexibility index (Phi) is 3.31. The van der Waals surface area contributed by atoms with E-state index in [4.69, 9.17) is 5.73 Å². The Morgan fingerprint density at radius 3 is 1.93 bits per heavy atom. The number of hydrogen-bond donors (Lipinski definition) is 1. The Morgan fingerprint density at radius 2 is 1.60 bits per heavy atom. The summed E-state index contributed by atoms with van der Waals surface area (Å²) in [6, 6.07) is 1.41. The summed E-state index contributed by atoms with van der Waals surface area (Å²) in [6.45, 7) is 0.201. The standard InChI is InChI=1S/C10H10F3N.ClH/c11-6-3-7(12)9(8(13)4-6)10(5-14)1-2-10;/h3-4H,1-2,5,14H2;1H. The molecule has 0 amide bonds. The molecule has 1 aliphatic carbocycles. The fourth-order valence-corrected chi connectivity index (χ4v) is 1.76. The molecule has 1 aromatic rings. The molecule has 0 saturated heterocycles. The Bertz CT molecular complexity index is 354. The molecule has 0 atom stereocenters. The molecule has 0 radical (unpaired) electrons. The van der Waals surface area contributed by atoms with Crippen LogP contribution in [0.1, 0.15) is 18.4 Å². The molecule has 1 aromatic carbocycles. The van der Waals surface area contributed by atoms with Crippen LogP contribution >= 0.6 is 12.4 Å². The van der Waals surface area contributed by atoms with E-state index < -0.39 is 22.9 Å². The molecule has 1 aliphatic rings. The second-order valence-corrected chi connectivity index (χ2v) is 3.73. The predicted molar refractivity (Wildman–Crippen MR) is 53.5 cm³/mol. The van der Waals surface area contributed by atoms with Crippen molar-refractivity contribution in [3.05, 3.63) is 35.1 Å². The Balaban J connectivity index is 0.00000112. The molecule has 2 N–H and O–H groups in total. The zero-order chi connectivity index (χ0) is 10.3. The maximum absolute atomic E-state index is 13.3. The average molecular weight is 238 g/mol. The molecule has 0 bridgehead atoms. The van der Waals surface area contributed by atoms with Crippen molar-refractivity contribution in [3.8, 4) is 0 Å². The molecular formula is C10H11ClF3N. The lowest BCUT2D eigenvalue weighted by Crippen LogP contribution is -2.22. The molecule has 84 valence electrons. The van der Waals surface area contributed by atoms with Crippen LogP contribution in [0.4, 0.5) is 13.2 Å². The van der Waals surface area contributed by atoms with Crippen molar-refractivity contribution in [1.29, 1.82) is 0 Å². The number of nitrogens with two attached hydrogens (primary N) is 1. The van der Waals surface area contributed by atoms with Gasteiger partial charge in [0.15, 0.2) is 0 Å². The molecule has 0 unspecified atom stereocenters. The first-order valence-corrected chi connectivity index (χ1v) is 4.44. The van der Waals surface area contributed by atoms with Gasteiger partial charge in [0.25, 0.3) is 0 Å². The summed E-state index contributed by atoms with van der Waals surface area (Å²) >= 11 is 0. The largest absolute Gasteiger partial charge is 0.330 e. The minimum Gasteiger partial charge on any atom is -0.330 e. The van der Waals surface area contributed by atoms with Gasteiger partial charge in [0.1, 0.15) is 17.5 Å². The van der Waals surface area contributed by atoms with Crippen LogP contribution in [-0.2, 0) is 5.41 Å². The van der Waals surface area contributed by atoms with E-state index in [1.807, 2.05) is 0 Å². The van der Waals surface area contributed by atoms with Crippen molar-refractivity contribution in [2.24, 2.45) is 5.73 Å². The van der Waals surface area contributed by atoms with Crippen molar-refractivity contribution in [2.75, 3.05) is 6.54 Å². The zero-order valence-electron chi connectivity index (χ0n) is 7.90. The lowest BCUT2D eigenvalue weighted by atomic mass is 9.95. The van der Waals surface area contributed by atoms with Gasteiger partial charge >= 0.3 is 0 Å². The molecule has 1 saturated carbocycles. The van der Waals surface area contributed by atoms with Crippen LogP contribution in [0, 0.1) is 17.5 Å². The van der Waals surface area contributed by atoms with Crippen molar-refractivity contribution in [3.63, 3.8) is 0 Å². The Labute approximate surface area is 91.9 Å². The molecule has 15 heavy (non-hydrogen) atoms. The van der Waals surface area contributed by atoms with Crippen molar-refractivity contribution >= 4 is 12.4 Å². The van der Waals surface area contributed by atoms with Crippen LogP contribution in [0.5, 0.6) is 0 Å². The minimum absolute atomic E-state index is 0. The van der Waals surface area contributed by atoms with Gasteiger partial charge in [-0.05, 0) is 12.8 Å². The first-order valence-electron chi connectivity index (χ1n) is 4.44. The van der Waals surface area contributed by atoms with Gasteiger partial charge in [-0.25, -0.2) is 13.2 Å². The van der Waals surface area contributed by atoms with Crippen molar-refractivity contribution < 1.29 is 13.2 Å². The summed E-state index contributed by atoms with van der Waals surface area (Å²) in [6.07, 6.45) is 1.34. The maximum atomic E-state index is 13.3. The lowest BCUT2D eigenvalue weighted by molar-refractivity contribution is 0.495. The SMILES string of the molecule is Cl.NCC1(c2c(F)cc(F)cc2F)CC1. The molecule has 0 aliphatic heterocycles. The van der Waals surface area contributed by atoms with E-state index in [1.165, 1.54) is 0 Å². The zero-order valence-corrected chi connectivity index (χ0v) is 8.71. The second kappa shape index (κ2) is 4.02. The van der Waals surface area contributed by atoms with Gasteiger partial charge in [0, 0.05) is 29.7 Å². The van der Waals surface area contributed by atoms with E-state index in [2.05, 4.69) is 0 Å². The van der Waals surface area contributed by atoms with E-state index >= 15 is 0 Å². The van der Waals surface area contributed by atoms with Crippen LogP contribution in [0.2, 0.25) is 0 Å². The highest BCUT2D eigenvalue weighted by Crippen LogP contribution is 2.49. The summed E-state index contributed by atoms with van der Waals surface area (Å²) in [5.41, 5.74) is 4.81. The van der Waals surface area contributed by atoms with Crippen LogP contribution in [0.15, 0.2) is 12.1 Å². The van der Waals surface area contributed by atoms with E-state index in [0.29, 0.717) is 25.0 Å². The highest BCUT2D eigenvalue weighted by atomic mass is 35.5. The van der Waals surface area contributed by atoms with E-state index in [0.717, 1.165) is 0 Å². The molecule has 2 rings (SSSR count). The van der Waals surface area contributed by atoms with Gasteiger partial charge in [0.05, 0.1) is 0 Å². The number of benzene rings is 1. The van der Waals surface area contributed by atoms with Gasteiger partial charge in [-0.1, -0.05) is 0 Å². The van der Waals surface area contributed by atoms with Gasteiger partial charge in [-0.2, -0.15) is 0 Å². The molecule has 1 fully saturated rings. The van der Waals surface area contributed by atoms with Crippen LogP contribution in [0.25, 0.3) is 0 Å². The predicted octanol–water partition coefficient (Wildman–Crippen LogP) is 2.52. The highest BCUT2D eigenvalue weighted by molar-refractivity contribution is 5.85. The van der Waals surface area contributed by atoms with E-state index in [1.54, 1.807) is 0 Å². The number of rotatable bonds is 2. The van der Waals surface area contributed by atoms with Crippen LogP contribution in [0.3, 0.4) is 0 Å². The Morgan fingerprint density at radius 1 is 1.13 bits per heavy atom. The molecule has 1 nitrogen and oxygen atoms in total. The first-order chi connectivity index (χ1) is 6.59. The average Bonchev–Trinajstić information content (AvgIpc) is 2.83. The third-order valence-electron chi connectivity index (χ3n) is 2.78. The van der Waals surface area contributed by atoms with Gasteiger partial charge in [-0.15, -0.1) is 12.4 Å². The molecule has 0 aromatic heterocycles. The first kappa shape index (κ1) is 12.3. The van der Waals surface area contributed by atoms with Crippen molar-refractivity contribution in [1.82, 2.24) is 0 Å². The fourth-order valence-electron chi connectivity index (χ4n) is 1.76. The molecular weight excluding hydrogens is 227 g/mol. The normalized spacial score (nSPS) is 17.1. The third kappa shape index (κ3) is 1.96. The summed E-state index contributed by atoms with van der Waals surface area (Å²) in [5, 5.41) is 0. The van der Waals surface area contributed by atoms with Gasteiger partial charge < -0.3 is 5.73 Å². The third-order valence-corrected chi connectivity index (χ3v) is 2.78. The maximum Gasteiger partial charge on any atom is 0.132 e. The van der Waals surface area contributed by atoms with Crippen LogP contribution < -0.4 is 5.73 Å². The van der Waals surface area contributed by atoms with Gasteiger partial charge in [0.2, 0.25) is 0 Å². The fraction of sp³-hybridized carbons (Fsp3) is 0.400. The van der Waals surface area contributed by atoms with Gasteiger partial charge in [-0.3, -0.25) is 0 Å². The molecule has 5 heteroatoms. The second-order valence-electron chi connectivity index (χ2n) is 3.73. The molecule has 0 heterocycles. The van der Waals surface area contributed by atoms with E-state index in [-0.39, 0.29) is 24.5 Å². The smallest absolute Gasteiger partial charge is 0.132 e. The lowest BCUT2D eigenvalue weighted by Gasteiger charge is -2.14. The Hall–Kier alpha value is -0.740. The highest BCUT2D eigenvalue weighted by Gasteiger charge is 2.46. The number of hydrogen-bond acceptors (Lipinski definition) is 1. The summed E-state index contributed by atoms with van der Waals surface area (Å²) in [4.78, 5) is 0. The quantitative estimate of drug-likeness (QED) is 0.841. The monoisotopic (exact) mass is 237 g/mol. The van der Waals surface area contributed by atoms with Crippen LogP contribution in [-0.4, -0.2) is 6.54 Å². The summed E-state index contributed by atoms with van der Waals surface area (Å²) in [5.74, 6) is -2.55.